The summed E-state index contributed by atoms with van der Waals surface area (Å²) < 4.78 is 23.2. The molecule has 0 bridgehead atoms. The average Bonchev–Trinajstić information content (AvgIpc) is 3.31. The Kier molecular flexibility index (Phi) is 5.46. The van der Waals surface area contributed by atoms with E-state index in [1.54, 1.807) is 16.8 Å². The lowest BCUT2D eigenvalue weighted by Crippen LogP contribution is -2.39. The highest BCUT2D eigenvalue weighted by atomic mass is 32.2. The van der Waals surface area contributed by atoms with Crippen LogP contribution >= 0.6 is 0 Å². The third-order valence-corrected chi connectivity index (χ3v) is 7.64. The summed E-state index contributed by atoms with van der Waals surface area (Å²) in [6.45, 7) is 1.63. The minimum atomic E-state index is -2.07. The Morgan fingerprint density at radius 3 is 2.37 bits per heavy atom. The molecular weight excluding hydrogens is 460 g/mol. The van der Waals surface area contributed by atoms with Crippen LogP contribution in [0, 0.1) is 0 Å². The molecule has 0 amide bonds. The van der Waals surface area contributed by atoms with Gasteiger partial charge in [0.15, 0.2) is 16.7 Å². The number of fused-ring (bicyclic) bond motifs is 2. The summed E-state index contributed by atoms with van der Waals surface area (Å²) in [5.74, 6) is 0. The van der Waals surface area contributed by atoms with Crippen molar-refractivity contribution < 1.29 is 13.9 Å². The molecule has 0 spiro atoms. The third kappa shape index (κ3) is 3.84. The zero-order valence-corrected chi connectivity index (χ0v) is 19.7. The van der Waals surface area contributed by atoms with Crippen molar-refractivity contribution in [1.29, 1.82) is 0 Å². The predicted molar refractivity (Wildman–Crippen MR) is 136 cm³/mol. The molecule has 1 saturated heterocycles. The van der Waals surface area contributed by atoms with Gasteiger partial charge in [0.2, 0.25) is 0 Å². The van der Waals surface area contributed by atoms with Crippen molar-refractivity contribution in [3.05, 3.63) is 84.8 Å². The van der Waals surface area contributed by atoms with Gasteiger partial charge in [0.05, 0.1) is 16.7 Å². The molecule has 3 heterocycles. The van der Waals surface area contributed by atoms with Gasteiger partial charge in [0.25, 0.3) is 0 Å². The third-order valence-electron chi connectivity index (χ3n) is 6.91. The number of aromatic nitrogens is 3. The van der Waals surface area contributed by atoms with E-state index < -0.39 is 16.7 Å². The molecule has 176 valence electrons. The minimum absolute atomic E-state index is 0.383. The lowest BCUT2D eigenvalue weighted by molar-refractivity contribution is 0.00595. The van der Waals surface area contributed by atoms with Crippen LogP contribution in [0.5, 0.6) is 0 Å². The topological polar surface area (TPSA) is 99.8 Å². The van der Waals surface area contributed by atoms with E-state index in [1.165, 1.54) is 0 Å². The Bertz CT molecular complexity index is 1570. The van der Waals surface area contributed by atoms with E-state index >= 15 is 0 Å². The van der Waals surface area contributed by atoms with Crippen molar-refractivity contribution in [2.75, 3.05) is 13.1 Å². The van der Waals surface area contributed by atoms with Crippen LogP contribution in [-0.2, 0) is 16.7 Å². The molecular formula is C27H24N4O3S. The summed E-state index contributed by atoms with van der Waals surface area (Å²) >= 11 is -2.07. The zero-order valence-electron chi connectivity index (χ0n) is 18.9. The first-order valence-electron chi connectivity index (χ1n) is 11.5. The molecule has 0 saturated carbocycles. The van der Waals surface area contributed by atoms with Crippen molar-refractivity contribution in [3.8, 4) is 22.3 Å². The zero-order chi connectivity index (χ0) is 24.0. The molecule has 35 heavy (non-hydrogen) atoms. The van der Waals surface area contributed by atoms with E-state index in [0.717, 1.165) is 51.7 Å². The maximum absolute atomic E-state index is 11.8. The van der Waals surface area contributed by atoms with Gasteiger partial charge in [-0.05, 0) is 54.1 Å². The maximum atomic E-state index is 11.8. The van der Waals surface area contributed by atoms with Crippen molar-refractivity contribution >= 4 is 27.5 Å². The average molecular weight is 485 g/mol. The standard InChI is InChI=1S/C27H24N4O3S/c32-27(11-13-28-14-12-27)20-7-5-18(6-8-20)19-15-29-26-24(16-30-31(26)17-19)22-9-10-25(35(33)34)23-4-2-1-3-21(22)23/h1-10,15-17,28,32H,11-14H2,(H,33,34). The van der Waals surface area contributed by atoms with Crippen molar-refractivity contribution in [2.45, 2.75) is 23.3 Å². The number of nitrogens with zero attached hydrogens (tertiary/aromatic N) is 3. The van der Waals surface area contributed by atoms with Gasteiger partial charge in [-0.1, -0.05) is 54.6 Å². The van der Waals surface area contributed by atoms with E-state index in [0.29, 0.717) is 23.4 Å². The molecule has 6 rings (SSSR count). The first-order chi connectivity index (χ1) is 17.0. The van der Waals surface area contributed by atoms with Gasteiger partial charge in [-0.25, -0.2) is 13.7 Å². The molecule has 0 aliphatic carbocycles. The quantitative estimate of drug-likeness (QED) is 0.328. The van der Waals surface area contributed by atoms with Crippen LogP contribution in [-0.4, -0.2) is 41.6 Å². The molecule has 1 atom stereocenters. The SMILES string of the molecule is O=S(O)c1ccc(-c2cnn3cc(-c4ccc(C5(O)CCNCC5)cc4)cnc23)c2ccccc12. The molecule has 1 unspecified atom stereocenters. The number of nitrogens with one attached hydrogen (secondary N) is 1. The summed E-state index contributed by atoms with van der Waals surface area (Å²) in [7, 11) is 0. The number of rotatable bonds is 4. The van der Waals surface area contributed by atoms with Gasteiger partial charge in [-0.15, -0.1) is 0 Å². The van der Waals surface area contributed by atoms with E-state index in [1.807, 2.05) is 67.0 Å². The first-order valence-corrected chi connectivity index (χ1v) is 12.6. The second-order valence-electron chi connectivity index (χ2n) is 8.93. The number of piperidine rings is 1. The lowest BCUT2D eigenvalue weighted by Gasteiger charge is -2.33. The van der Waals surface area contributed by atoms with Crippen molar-refractivity contribution in [2.24, 2.45) is 0 Å². The molecule has 8 heteroatoms. The highest BCUT2D eigenvalue weighted by molar-refractivity contribution is 7.79. The Labute approximate surface area is 204 Å². The maximum Gasteiger partial charge on any atom is 0.187 e. The molecule has 5 aromatic rings. The monoisotopic (exact) mass is 484 g/mol. The van der Waals surface area contributed by atoms with Crippen LogP contribution in [0.4, 0.5) is 0 Å². The van der Waals surface area contributed by atoms with Gasteiger partial charge >= 0.3 is 0 Å². The Hall–Kier alpha value is -3.43. The predicted octanol–water partition coefficient (Wildman–Crippen LogP) is 4.37. The fourth-order valence-corrected chi connectivity index (χ4v) is 5.52. The fraction of sp³-hybridized carbons (Fsp3) is 0.185. The van der Waals surface area contributed by atoms with Crippen molar-refractivity contribution in [1.82, 2.24) is 19.9 Å². The van der Waals surface area contributed by atoms with E-state index in [2.05, 4.69) is 10.4 Å². The molecule has 3 N–H and O–H groups in total. The molecule has 3 aromatic carbocycles. The van der Waals surface area contributed by atoms with Crippen LogP contribution in [0.2, 0.25) is 0 Å². The Morgan fingerprint density at radius 1 is 0.886 bits per heavy atom. The van der Waals surface area contributed by atoms with Crippen LogP contribution in [0.15, 0.2) is 84.1 Å². The molecule has 2 aromatic heterocycles. The molecule has 0 radical (unpaired) electrons. The first kappa shape index (κ1) is 22.1. The van der Waals surface area contributed by atoms with E-state index in [9.17, 15) is 13.9 Å². The summed E-state index contributed by atoms with van der Waals surface area (Å²) in [5, 5.41) is 20.4. The normalized spacial score (nSPS) is 16.5. The largest absolute Gasteiger partial charge is 0.385 e. The molecule has 1 aliphatic rings. The lowest BCUT2D eigenvalue weighted by atomic mass is 9.84. The van der Waals surface area contributed by atoms with Gasteiger partial charge < -0.3 is 15.0 Å². The van der Waals surface area contributed by atoms with Gasteiger partial charge in [-0.2, -0.15) is 5.10 Å². The molecule has 1 aliphatic heterocycles. The fourth-order valence-electron chi connectivity index (χ4n) is 4.97. The summed E-state index contributed by atoms with van der Waals surface area (Å²) in [6, 6.07) is 19.1. The second-order valence-corrected chi connectivity index (χ2v) is 9.87. The number of hydrogen-bond acceptors (Lipinski definition) is 5. The minimum Gasteiger partial charge on any atom is -0.385 e. The summed E-state index contributed by atoms with van der Waals surface area (Å²) in [5.41, 5.74) is 4.56. The van der Waals surface area contributed by atoms with Gasteiger partial charge in [0, 0.05) is 28.9 Å². The summed E-state index contributed by atoms with van der Waals surface area (Å²) in [4.78, 5) is 5.10. The van der Waals surface area contributed by atoms with E-state index in [4.69, 9.17) is 4.98 Å². The highest BCUT2D eigenvalue weighted by Gasteiger charge is 2.30. The molecule has 1 fully saturated rings. The summed E-state index contributed by atoms with van der Waals surface area (Å²) in [6.07, 6.45) is 6.96. The van der Waals surface area contributed by atoms with Gasteiger partial charge in [0.1, 0.15) is 0 Å². The van der Waals surface area contributed by atoms with Crippen LogP contribution in [0.1, 0.15) is 18.4 Å². The van der Waals surface area contributed by atoms with Crippen LogP contribution in [0.3, 0.4) is 0 Å². The number of benzene rings is 3. The van der Waals surface area contributed by atoms with Gasteiger partial charge in [-0.3, -0.25) is 0 Å². The molecule has 7 nitrogen and oxygen atoms in total. The number of aliphatic hydroxyl groups is 1. The Morgan fingerprint density at radius 2 is 1.63 bits per heavy atom. The highest BCUT2D eigenvalue weighted by Crippen LogP contribution is 2.35. The second kappa shape index (κ2) is 8.66. The smallest absolute Gasteiger partial charge is 0.187 e. The number of hydrogen-bond donors (Lipinski definition) is 3. The van der Waals surface area contributed by atoms with Crippen LogP contribution < -0.4 is 5.32 Å². The van der Waals surface area contributed by atoms with E-state index in [-0.39, 0.29) is 0 Å². The van der Waals surface area contributed by atoms with Crippen molar-refractivity contribution in [3.63, 3.8) is 0 Å². The Balaban J connectivity index is 1.37. The van der Waals surface area contributed by atoms with Crippen LogP contribution in [0.25, 0.3) is 38.7 Å².